The van der Waals surface area contributed by atoms with Crippen LogP contribution < -0.4 is 0 Å². The Kier molecular flexibility index (Phi) is 23.2. The molecule has 6 aliphatic heterocycles. The Balaban J connectivity index is 0.856. The monoisotopic (exact) mass is 1510 g/mol. The molecule has 11 fully saturated rings. The molecule has 12 rings (SSSR count). The number of rotatable bonds is 18. The summed E-state index contributed by atoms with van der Waals surface area (Å²) < 4.78 is 82.1. The van der Waals surface area contributed by atoms with E-state index in [9.17, 15) is 96.1 Å². The highest BCUT2D eigenvalue weighted by molar-refractivity contribution is 5.88. The van der Waals surface area contributed by atoms with Gasteiger partial charge in [-0.15, -0.1) is 0 Å². The molecule has 0 radical (unpaired) electrons. The van der Waals surface area contributed by atoms with E-state index in [1.54, 1.807) is 26.0 Å². The number of aliphatic hydroxyl groups excluding tert-OH is 15. The average molecular weight is 1510 g/mol. The smallest absolute Gasteiger partial charge is 0.335 e. The maximum Gasteiger partial charge on any atom is 0.335 e. The molecule has 6 heterocycles. The number of aliphatic hydroxyl groups is 15. The van der Waals surface area contributed by atoms with Gasteiger partial charge < -0.3 is 143 Å². The summed E-state index contributed by atoms with van der Waals surface area (Å²) in [5, 5.41) is 182. The second kappa shape index (κ2) is 30.2. The molecular weight excluding hydrogens is 1400 g/mol. The Bertz CT molecular complexity index is 3340. The van der Waals surface area contributed by atoms with Gasteiger partial charge in [-0.2, -0.15) is 0 Å². The van der Waals surface area contributed by atoms with Gasteiger partial charge in [-0.05, 0) is 119 Å². The van der Waals surface area contributed by atoms with Crippen molar-refractivity contribution in [1.82, 2.24) is 0 Å². The molecule has 0 aromatic heterocycles. The molecule has 32 heteroatoms. The van der Waals surface area contributed by atoms with Crippen LogP contribution in [0, 0.1) is 50.2 Å². The molecule has 6 saturated heterocycles. The molecule has 5 aliphatic carbocycles. The molecule has 1 aromatic carbocycles. The Hall–Kier alpha value is -3.93. The number of fused-ring (bicyclic) bond motifs is 4. The molecule has 2 bridgehead atoms. The van der Waals surface area contributed by atoms with Crippen LogP contribution >= 0.6 is 0 Å². The normalized spacial score (nSPS) is 51.3. The Morgan fingerprint density at radius 1 is 0.538 bits per heavy atom. The number of aliphatic carboxylic acids is 1. The largest absolute Gasteiger partial charge is 0.479 e. The second-order valence-corrected chi connectivity index (χ2v) is 33.6. The maximum absolute atomic E-state index is 14.3. The molecule has 106 heavy (non-hydrogen) atoms. The zero-order chi connectivity index (χ0) is 77.4. The number of ether oxygens (including phenoxy) is 13. The van der Waals surface area contributed by atoms with Crippen LogP contribution in [-0.4, -0.2) is 303 Å². The summed E-state index contributed by atoms with van der Waals surface area (Å²) in [6.07, 6.45) is -47.3. The minimum Gasteiger partial charge on any atom is -0.479 e. The number of hydrogen-bond donors (Lipinski definition) is 16. The van der Waals surface area contributed by atoms with Gasteiger partial charge in [-0.3, -0.25) is 0 Å². The summed E-state index contributed by atoms with van der Waals surface area (Å²) in [4.78, 5) is 41.7. The number of carboxylic acid groups (broad SMARTS) is 1. The number of hydrogen-bond acceptors (Lipinski definition) is 31. The molecule has 2 unspecified atom stereocenters. The number of carbonyl (C=O) groups excluding carboxylic acids is 2. The van der Waals surface area contributed by atoms with Crippen LogP contribution in [-0.2, 0) is 76.0 Å². The fourth-order valence-corrected chi connectivity index (χ4v) is 21.2. The number of carboxylic acids is 1. The fourth-order valence-electron chi connectivity index (χ4n) is 21.2. The van der Waals surface area contributed by atoms with Crippen LogP contribution in [0.25, 0.3) is 6.08 Å². The standard InChI is InChI=1S/C74H110O32/c1-12-30(2)61(92)105-58-59(99-41(78)19-18-33-16-14-13-15-17-33)74-38(26-68(58,5)6)73(106-67(74)93)25-21-37-70(9)23-22-40(69(7,8)36(70)20-24-71(37,10)72(73,11)27-39(74)77)98-66-57(104-63-51(88)47(84)44(81)34(28-75)96-63)53(52(89)54(101-66)60(90)91)100-65-56(49(86)45(82)35(29-76)97-65)103-64-55(48(85)43(80)32(4)95-64)102-62-50(87)46(83)42(79)31(3)94-62/h12-19,31-32,34-40,42-59,62-67,75-77,79-89,93H,20-29H2,1-11H3,(H,90,91)/t31-,32-,34+,35+,36?,37?,38+,39+,40-,42-,43-,44-,45-,46+,47-,48+,49-,50+,51+,52-,53-,54-,55+,56+,57+,58-,59-,62-,63-,64-,65-,66+,67+,70-,71+,72-,73-,74+/m0/s1. The Morgan fingerprint density at radius 3 is 1.69 bits per heavy atom. The summed E-state index contributed by atoms with van der Waals surface area (Å²) in [6.45, 7) is 18.5. The van der Waals surface area contributed by atoms with Gasteiger partial charge in [0.1, 0.15) is 110 Å². The van der Waals surface area contributed by atoms with Crippen LogP contribution in [0.3, 0.4) is 0 Å². The third-order valence-corrected chi connectivity index (χ3v) is 27.3. The van der Waals surface area contributed by atoms with E-state index in [2.05, 4.69) is 20.8 Å². The zero-order valence-corrected chi connectivity index (χ0v) is 61.4. The fraction of sp³-hybridized carbons (Fsp3) is 0.824. The minimum absolute atomic E-state index is 0.0915. The molecule has 11 aliphatic rings. The molecule has 16 N–H and O–H groups in total. The molecule has 598 valence electrons. The second-order valence-electron chi connectivity index (χ2n) is 33.6. The van der Waals surface area contributed by atoms with Gasteiger partial charge in [0.15, 0.2) is 49.9 Å². The Labute approximate surface area is 613 Å². The van der Waals surface area contributed by atoms with E-state index < -0.39 is 259 Å². The molecule has 1 aromatic rings. The molecule has 1 spiro atoms. The van der Waals surface area contributed by atoms with E-state index in [1.807, 2.05) is 58.0 Å². The van der Waals surface area contributed by atoms with Gasteiger partial charge in [0.05, 0.1) is 48.6 Å². The first-order chi connectivity index (χ1) is 49.7. The lowest BCUT2D eigenvalue weighted by atomic mass is 9.30. The third kappa shape index (κ3) is 13.3. The van der Waals surface area contributed by atoms with Gasteiger partial charge in [0.2, 0.25) is 0 Å². The first-order valence-corrected chi connectivity index (χ1v) is 37.0. The van der Waals surface area contributed by atoms with Crippen LogP contribution in [0.2, 0.25) is 0 Å². The van der Waals surface area contributed by atoms with E-state index in [0.29, 0.717) is 49.7 Å². The summed E-state index contributed by atoms with van der Waals surface area (Å²) in [5.74, 6) is -4.20. The predicted molar refractivity (Wildman–Crippen MR) is 359 cm³/mol. The van der Waals surface area contributed by atoms with Crippen molar-refractivity contribution in [1.29, 1.82) is 0 Å². The number of benzene rings is 1. The van der Waals surface area contributed by atoms with Gasteiger partial charge in [-0.25, -0.2) is 14.4 Å². The lowest BCUT2D eigenvalue weighted by Crippen LogP contribution is -2.77. The first-order valence-electron chi connectivity index (χ1n) is 37.0. The van der Waals surface area contributed by atoms with Crippen LogP contribution in [0.5, 0.6) is 0 Å². The number of esters is 2. The van der Waals surface area contributed by atoms with E-state index in [-0.39, 0.29) is 24.7 Å². The van der Waals surface area contributed by atoms with E-state index in [1.165, 1.54) is 19.9 Å². The van der Waals surface area contributed by atoms with E-state index in [0.717, 1.165) is 0 Å². The van der Waals surface area contributed by atoms with Gasteiger partial charge in [0.25, 0.3) is 0 Å². The Morgan fingerprint density at radius 2 is 1.07 bits per heavy atom. The topological polar surface area (TPSA) is 495 Å². The van der Waals surface area contributed by atoms with Crippen molar-refractivity contribution in [3.05, 3.63) is 53.6 Å². The summed E-state index contributed by atoms with van der Waals surface area (Å²) in [5.41, 5.74) is -5.73. The zero-order valence-electron chi connectivity index (χ0n) is 61.4. The highest BCUT2D eigenvalue weighted by Crippen LogP contribution is 2.82. The van der Waals surface area contributed by atoms with E-state index >= 15 is 0 Å². The number of allylic oxidation sites excluding steroid dienone is 1. The minimum atomic E-state index is -2.38. The molecule has 0 amide bonds. The van der Waals surface area contributed by atoms with Crippen molar-refractivity contribution >= 4 is 24.0 Å². The predicted octanol–water partition coefficient (Wildman–Crippen LogP) is -1.34. The quantitative estimate of drug-likeness (QED) is 0.0460. The van der Waals surface area contributed by atoms with Gasteiger partial charge in [0, 0.05) is 28.4 Å². The maximum atomic E-state index is 14.3. The van der Waals surface area contributed by atoms with E-state index in [4.69, 9.17) is 61.6 Å². The van der Waals surface area contributed by atoms with Gasteiger partial charge in [-0.1, -0.05) is 84.9 Å². The highest BCUT2D eigenvalue weighted by Gasteiger charge is 2.86. The number of carbonyl (C=O) groups is 3. The summed E-state index contributed by atoms with van der Waals surface area (Å²) in [7, 11) is 0. The van der Waals surface area contributed by atoms with Crippen molar-refractivity contribution in [2.75, 3.05) is 13.2 Å². The van der Waals surface area contributed by atoms with Crippen LogP contribution in [0.15, 0.2) is 48.1 Å². The summed E-state index contributed by atoms with van der Waals surface area (Å²) >= 11 is 0. The van der Waals surface area contributed by atoms with Crippen molar-refractivity contribution in [2.24, 2.45) is 50.2 Å². The van der Waals surface area contributed by atoms with Crippen molar-refractivity contribution in [3.8, 4) is 0 Å². The molecule has 38 atom stereocenters. The third-order valence-electron chi connectivity index (χ3n) is 27.3. The highest BCUT2D eigenvalue weighted by atomic mass is 16.8. The average Bonchev–Trinajstić information content (AvgIpc) is 1.39. The lowest BCUT2D eigenvalue weighted by molar-refractivity contribution is -0.412. The molecular formula is C74H110O32. The van der Waals surface area contributed by atoms with Crippen molar-refractivity contribution in [2.45, 2.75) is 317 Å². The van der Waals surface area contributed by atoms with Crippen LogP contribution in [0.4, 0.5) is 0 Å². The molecule has 32 nitrogen and oxygen atoms in total. The van der Waals surface area contributed by atoms with Crippen LogP contribution in [0.1, 0.15) is 133 Å². The lowest BCUT2D eigenvalue weighted by Gasteiger charge is -2.75. The van der Waals surface area contributed by atoms with Gasteiger partial charge >= 0.3 is 17.9 Å². The van der Waals surface area contributed by atoms with Crippen molar-refractivity contribution < 1.29 is 158 Å². The first kappa shape index (κ1) is 81.6. The SMILES string of the molecule is CC=C(C)C(=O)O[C@H]1[C@H](OC(=O)C=Cc2ccccc2)[C@@]23[C@H](O)C[C@]4(C)[C@@](CCC5[C@@]6(C)CC[C@H](O[C@@H]7O[C@H](C(=O)O)[C@@H](O)[C@H](O[C@@H]8O[C@H](CO)[C@H](O)[C@H](O)[C@H]8O[C@@H]8O[C@@H](C)[C@H](O)[C@@H](O)[C@H]8O[C@@H]8O[C@@H](C)[C@H](O)[C@@H](O)[C@H]8O)[C@H]7O[C@@H]7O[C@H](CO)[C@H](O)[C@H](O)[C@H]7O)C(C)(C)C6CC[C@]54C)(O[C@H]2O)[C@H]3CC1(C)C. The molecule has 5 saturated carbocycles. The van der Waals surface area contributed by atoms with Crippen molar-refractivity contribution in [3.63, 3.8) is 0 Å². The summed E-state index contributed by atoms with van der Waals surface area (Å²) in [6, 6.07) is 9.10.